The fourth-order valence-electron chi connectivity index (χ4n) is 4.73. The van der Waals surface area contributed by atoms with E-state index in [0.29, 0.717) is 36.9 Å². The SMILES string of the molecule is COc1cc(Br)c2c(c1O)C(Cc1ccc(OCc3ccccc3)c(OCc3ccccc3)c1)NCC2. The van der Waals surface area contributed by atoms with Gasteiger partial charge in [0.25, 0.3) is 0 Å². The third kappa shape index (κ3) is 5.92. The van der Waals surface area contributed by atoms with Gasteiger partial charge >= 0.3 is 0 Å². The van der Waals surface area contributed by atoms with Gasteiger partial charge in [0, 0.05) is 16.1 Å². The van der Waals surface area contributed by atoms with Crippen LogP contribution in [0.5, 0.6) is 23.0 Å². The van der Waals surface area contributed by atoms with E-state index in [1.54, 1.807) is 7.11 Å². The van der Waals surface area contributed by atoms with Crippen LogP contribution in [-0.4, -0.2) is 18.8 Å². The van der Waals surface area contributed by atoms with Crippen molar-refractivity contribution in [3.8, 4) is 23.0 Å². The molecular formula is C31H30BrNO4. The minimum atomic E-state index is -0.0618. The molecule has 0 saturated carbocycles. The van der Waals surface area contributed by atoms with Crippen molar-refractivity contribution in [2.75, 3.05) is 13.7 Å². The predicted molar refractivity (Wildman–Crippen MR) is 149 cm³/mol. The molecule has 1 aliphatic heterocycles. The van der Waals surface area contributed by atoms with E-state index in [-0.39, 0.29) is 11.8 Å². The fraction of sp³-hybridized carbons (Fsp3) is 0.226. The number of halogens is 1. The summed E-state index contributed by atoms with van der Waals surface area (Å²) in [5, 5.41) is 14.5. The van der Waals surface area contributed by atoms with Gasteiger partial charge in [-0.1, -0.05) is 82.7 Å². The number of fused-ring (bicyclic) bond motifs is 1. The molecule has 1 aliphatic rings. The molecule has 0 radical (unpaired) electrons. The van der Waals surface area contributed by atoms with E-state index in [2.05, 4.69) is 27.3 Å². The number of phenolic OH excluding ortho intramolecular Hbond substituents is 1. The lowest BCUT2D eigenvalue weighted by Gasteiger charge is -2.29. The lowest BCUT2D eigenvalue weighted by Crippen LogP contribution is -2.31. The van der Waals surface area contributed by atoms with Gasteiger partial charge in [-0.05, 0) is 59.8 Å². The van der Waals surface area contributed by atoms with Crippen LogP contribution in [-0.2, 0) is 26.1 Å². The van der Waals surface area contributed by atoms with E-state index in [1.807, 2.05) is 78.9 Å². The van der Waals surface area contributed by atoms with Gasteiger partial charge < -0.3 is 24.6 Å². The van der Waals surface area contributed by atoms with Crippen LogP contribution in [0.15, 0.2) is 89.4 Å². The van der Waals surface area contributed by atoms with Gasteiger partial charge in [-0.15, -0.1) is 0 Å². The monoisotopic (exact) mass is 559 g/mol. The summed E-state index contributed by atoms with van der Waals surface area (Å²) in [6.45, 7) is 1.74. The van der Waals surface area contributed by atoms with Crippen LogP contribution in [0.2, 0.25) is 0 Å². The van der Waals surface area contributed by atoms with Crippen molar-refractivity contribution in [1.29, 1.82) is 0 Å². The molecule has 6 heteroatoms. The first kappa shape index (κ1) is 25.2. The minimum Gasteiger partial charge on any atom is -0.504 e. The Balaban J connectivity index is 1.41. The Labute approximate surface area is 226 Å². The normalized spacial score (nSPS) is 14.6. The highest BCUT2D eigenvalue weighted by atomic mass is 79.9. The Morgan fingerprint density at radius 3 is 2.11 bits per heavy atom. The topological polar surface area (TPSA) is 60.0 Å². The molecule has 0 bridgehead atoms. The van der Waals surface area contributed by atoms with Crippen LogP contribution in [0, 0.1) is 0 Å². The summed E-state index contributed by atoms with van der Waals surface area (Å²) in [4.78, 5) is 0. The summed E-state index contributed by atoms with van der Waals surface area (Å²) >= 11 is 3.67. The quantitative estimate of drug-likeness (QED) is 0.237. The summed E-state index contributed by atoms with van der Waals surface area (Å²) < 4.78 is 18.8. The molecule has 0 spiro atoms. The van der Waals surface area contributed by atoms with Crippen molar-refractivity contribution >= 4 is 15.9 Å². The zero-order chi connectivity index (χ0) is 25.6. The number of nitrogens with one attached hydrogen (secondary N) is 1. The molecular weight excluding hydrogens is 530 g/mol. The summed E-state index contributed by atoms with van der Waals surface area (Å²) in [5.74, 6) is 2.06. The zero-order valence-corrected chi connectivity index (χ0v) is 22.3. The molecule has 0 aromatic heterocycles. The highest BCUT2D eigenvalue weighted by Crippen LogP contribution is 2.43. The second kappa shape index (κ2) is 11.7. The highest BCUT2D eigenvalue weighted by Gasteiger charge is 2.28. The number of hydrogen-bond acceptors (Lipinski definition) is 5. The van der Waals surface area contributed by atoms with Gasteiger partial charge in [-0.25, -0.2) is 0 Å². The van der Waals surface area contributed by atoms with E-state index in [4.69, 9.17) is 14.2 Å². The molecule has 0 amide bonds. The molecule has 1 unspecified atom stereocenters. The lowest BCUT2D eigenvalue weighted by atomic mass is 9.89. The van der Waals surface area contributed by atoms with Crippen LogP contribution in [0.4, 0.5) is 0 Å². The molecule has 0 fully saturated rings. The number of ether oxygens (including phenoxy) is 3. The van der Waals surface area contributed by atoms with E-state index < -0.39 is 0 Å². The van der Waals surface area contributed by atoms with Gasteiger partial charge in [0.1, 0.15) is 13.2 Å². The first-order valence-electron chi connectivity index (χ1n) is 12.4. The smallest absolute Gasteiger partial charge is 0.162 e. The molecule has 5 nitrogen and oxygen atoms in total. The van der Waals surface area contributed by atoms with Gasteiger partial charge in [0.05, 0.1) is 7.11 Å². The van der Waals surface area contributed by atoms with Crippen molar-refractivity contribution in [1.82, 2.24) is 5.32 Å². The van der Waals surface area contributed by atoms with Crippen LogP contribution >= 0.6 is 15.9 Å². The maximum Gasteiger partial charge on any atom is 0.162 e. The summed E-state index contributed by atoms with van der Waals surface area (Å²) in [6.07, 6.45) is 1.52. The maximum atomic E-state index is 11.0. The summed E-state index contributed by atoms with van der Waals surface area (Å²) in [5.41, 5.74) is 5.27. The van der Waals surface area contributed by atoms with Crippen LogP contribution in [0.1, 0.15) is 33.9 Å². The second-order valence-corrected chi connectivity index (χ2v) is 9.95. The Kier molecular flexibility index (Phi) is 7.97. The average Bonchev–Trinajstić information content (AvgIpc) is 2.94. The van der Waals surface area contributed by atoms with Gasteiger partial charge in [-0.2, -0.15) is 0 Å². The Bertz CT molecular complexity index is 1340. The van der Waals surface area contributed by atoms with Crippen LogP contribution in [0.3, 0.4) is 0 Å². The molecule has 0 saturated heterocycles. The Morgan fingerprint density at radius 1 is 0.811 bits per heavy atom. The molecule has 37 heavy (non-hydrogen) atoms. The van der Waals surface area contributed by atoms with Crippen LogP contribution < -0.4 is 19.5 Å². The molecule has 190 valence electrons. The molecule has 0 aliphatic carbocycles. The first-order valence-corrected chi connectivity index (χ1v) is 13.2. The number of benzene rings is 4. The summed E-state index contributed by atoms with van der Waals surface area (Å²) in [6, 6.07) is 28.1. The zero-order valence-electron chi connectivity index (χ0n) is 20.7. The fourth-order valence-corrected chi connectivity index (χ4v) is 5.35. The molecule has 5 rings (SSSR count). The Morgan fingerprint density at radius 2 is 1.46 bits per heavy atom. The highest BCUT2D eigenvalue weighted by molar-refractivity contribution is 9.10. The Hall–Kier alpha value is -3.48. The third-order valence-corrected chi connectivity index (χ3v) is 7.32. The standard InChI is InChI=1S/C31H30BrNO4/c1-35-29-18-25(32)24-14-15-33-26(30(24)31(29)34)16-23-12-13-27(36-19-21-8-4-2-5-9-21)28(17-23)37-20-22-10-6-3-7-11-22/h2-13,17-18,26,33-34H,14-16,19-20H2,1H3. The summed E-state index contributed by atoms with van der Waals surface area (Å²) in [7, 11) is 1.57. The molecule has 1 heterocycles. The second-order valence-electron chi connectivity index (χ2n) is 9.09. The third-order valence-electron chi connectivity index (χ3n) is 6.62. The molecule has 2 N–H and O–H groups in total. The number of methoxy groups -OCH3 is 1. The van der Waals surface area contributed by atoms with E-state index in [9.17, 15) is 5.11 Å². The van der Waals surface area contributed by atoms with Gasteiger partial charge in [0.15, 0.2) is 23.0 Å². The first-order chi connectivity index (χ1) is 18.1. The van der Waals surface area contributed by atoms with Crippen molar-refractivity contribution in [3.05, 3.63) is 117 Å². The van der Waals surface area contributed by atoms with E-state index in [0.717, 1.165) is 45.3 Å². The van der Waals surface area contributed by atoms with E-state index in [1.165, 1.54) is 0 Å². The predicted octanol–water partition coefficient (Wildman–Crippen LogP) is 6.75. The average molecular weight is 560 g/mol. The largest absolute Gasteiger partial charge is 0.504 e. The molecule has 4 aromatic rings. The van der Waals surface area contributed by atoms with Crippen LogP contribution in [0.25, 0.3) is 0 Å². The van der Waals surface area contributed by atoms with Gasteiger partial charge in [0.2, 0.25) is 0 Å². The number of phenols is 1. The van der Waals surface area contributed by atoms with Crippen molar-refractivity contribution in [3.63, 3.8) is 0 Å². The number of rotatable bonds is 9. The number of aromatic hydroxyl groups is 1. The molecule has 4 aromatic carbocycles. The van der Waals surface area contributed by atoms with Crippen molar-refractivity contribution in [2.45, 2.75) is 32.1 Å². The van der Waals surface area contributed by atoms with E-state index >= 15 is 0 Å². The number of hydrogen-bond donors (Lipinski definition) is 2. The minimum absolute atomic E-state index is 0.0618. The maximum absolute atomic E-state index is 11.0. The molecule has 1 atom stereocenters. The lowest BCUT2D eigenvalue weighted by molar-refractivity contribution is 0.255. The van der Waals surface area contributed by atoms with Crippen molar-refractivity contribution < 1.29 is 19.3 Å². The van der Waals surface area contributed by atoms with Crippen molar-refractivity contribution in [2.24, 2.45) is 0 Å². The van der Waals surface area contributed by atoms with Gasteiger partial charge in [-0.3, -0.25) is 0 Å².